The Kier molecular flexibility index (Phi) is 7.26. The molecule has 0 aliphatic rings. The van der Waals surface area contributed by atoms with Gasteiger partial charge in [-0.05, 0) is 37.3 Å². The normalized spacial score (nSPS) is 10.7. The molecule has 1 heterocycles. The molecule has 0 saturated heterocycles. The van der Waals surface area contributed by atoms with Crippen molar-refractivity contribution >= 4 is 74.9 Å². The third-order valence-corrected chi connectivity index (χ3v) is 5.13. The number of amides is 1. The third-order valence-electron chi connectivity index (χ3n) is 3.90. The number of aromatic nitrogens is 1. The lowest BCUT2D eigenvalue weighted by molar-refractivity contribution is -0.149. The molecule has 156 valence electrons. The van der Waals surface area contributed by atoms with E-state index in [9.17, 15) is 9.59 Å². The van der Waals surface area contributed by atoms with Gasteiger partial charge in [-0.1, -0.05) is 52.5 Å². The van der Waals surface area contributed by atoms with E-state index < -0.39 is 25.1 Å². The monoisotopic (exact) mass is 486 g/mol. The molecule has 1 N–H and O–H groups in total. The summed E-state index contributed by atoms with van der Waals surface area (Å²) in [4.78, 5) is 28.4. The fourth-order valence-corrected chi connectivity index (χ4v) is 3.60. The van der Waals surface area contributed by atoms with Gasteiger partial charge in [0.1, 0.15) is 5.52 Å². The second-order valence-corrected chi connectivity index (χ2v) is 7.74. The second-order valence-electron chi connectivity index (χ2n) is 6.11. The summed E-state index contributed by atoms with van der Waals surface area (Å²) in [7, 11) is 0. The summed E-state index contributed by atoms with van der Waals surface area (Å²) in [5.74, 6) is -1.18. The molecule has 2 aromatic carbocycles. The van der Waals surface area contributed by atoms with E-state index in [1.165, 1.54) is 6.07 Å². The minimum Gasteiger partial charge on any atom is -0.478 e. The molecule has 0 aliphatic carbocycles. The van der Waals surface area contributed by atoms with Gasteiger partial charge >= 0.3 is 5.97 Å². The van der Waals surface area contributed by atoms with Crippen LogP contribution in [0.4, 0.5) is 5.69 Å². The predicted molar refractivity (Wildman–Crippen MR) is 118 cm³/mol. The number of carbonyl (C=O) groups excluding carboxylic acids is 2. The van der Waals surface area contributed by atoms with Crippen molar-refractivity contribution < 1.29 is 19.1 Å². The van der Waals surface area contributed by atoms with Crippen molar-refractivity contribution in [2.45, 2.75) is 6.92 Å². The second kappa shape index (κ2) is 9.71. The van der Waals surface area contributed by atoms with Crippen molar-refractivity contribution in [2.24, 2.45) is 0 Å². The minimum atomic E-state index is -0.776. The van der Waals surface area contributed by atoms with Gasteiger partial charge in [-0.3, -0.25) is 4.79 Å². The lowest BCUT2D eigenvalue weighted by Gasteiger charge is -2.12. The SMILES string of the molecule is Cc1ccc2c(Cl)cc(Cl)c(OCC(=O)OCC(=O)Nc3c(Cl)cccc3Cl)c2n1. The lowest BCUT2D eigenvalue weighted by Crippen LogP contribution is -2.24. The summed E-state index contributed by atoms with van der Waals surface area (Å²) >= 11 is 24.4. The van der Waals surface area contributed by atoms with Crippen molar-refractivity contribution in [3.63, 3.8) is 0 Å². The van der Waals surface area contributed by atoms with Gasteiger partial charge in [-0.25, -0.2) is 9.78 Å². The highest BCUT2D eigenvalue weighted by Crippen LogP contribution is 2.37. The molecule has 1 aromatic heterocycles. The first-order chi connectivity index (χ1) is 14.3. The number of anilines is 1. The fourth-order valence-electron chi connectivity index (χ4n) is 2.54. The third kappa shape index (κ3) is 5.26. The average molecular weight is 488 g/mol. The highest BCUT2D eigenvalue weighted by atomic mass is 35.5. The van der Waals surface area contributed by atoms with Crippen molar-refractivity contribution in [1.82, 2.24) is 4.98 Å². The molecule has 6 nitrogen and oxygen atoms in total. The predicted octanol–water partition coefficient (Wildman–Crippen LogP) is 5.72. The summed E-state index contributed by atoms with van der Waals surface area (Å²) in [5, 5.41) is 4.25. The summed E-state index contributed by atoms with van der Waals surface area (Å²) < 4.78 is 10.4. The number of nitrogens with zero attached hydrogens (tertiary/aromatic N) is 1. The number of ether oxygens (including phenoxy) is 2. The molecular weight excluding hydrogens is 474 g/mol. The Hall–Kier alpha value is -2.25. The Labute approximate surface area is 192 Å². The van der Waals surface area contributed by atoms with Crippen LogP contribution >= 0.6 is 46.4 Å². The number of benzene rings is 2. The number of nitrogens with one attached hydrogen (secondary N) is 1. The van der Waals surface area contributed by atoms with Crippen LogP contribution in [-0.4, -0.2) is 30.1 Å². The van der Waals surface area contributed by atoms with Gasteiger partial charge in [0.15, 0.2) is 19.0 Å². The van der Waals surface area contributed by atoms with Crippen molar-refractivity contribution in [3.8, 4) is 5.75 Å². The van der Waals surface area contributed by atoms with Gasteiger partial charge in [0.2, 0.25) is 0 Å². The maximum Gasteiger partial charge on any atom is 0.344 e. The first-order valence-corrected chi connectivity index (χ1v) is 10.0. The van der Waals surface area contributed by atoms with Gasteiger partial charge in [-0.2, -0.15) is 0 Å². The molecule has 0 bridgehead atoms. The zero-order valence-corrected chi connectivity index (χ0v) is 18.5. The lowest BCUT2D eigenvalue weighted by atomic mass is 10.2. The molecular formula is C20H14Cl4N2O4. The Bertz CT molecular complexity index is 1120. The fraction of sp³-hybridized carbons (Fsp3) is 0.150. The molecule has 0 saturated carbocycles. The molecule has 3 aromatic rings. The van der Waals surface area contributed by atoms with E-state index in [2.05, 4.69) is 10.3 Å². The van der Waals surface area contributed by atoms with Gasteiger partial charge in [0, 0.05) is 11.1 Å². The quantitative estimate of drug-likeness (QED) is 0.450. The number of hydrogen-bond donors (Lipinski definition) is 1. The topological polar surface area (TPSA) is 77.5 Å². The molecule has 3 rings (SSSR count). The molecule has 0 atom stereocenters. The van der Waals surface area contributed by atoms with Crippen molar-refractivity contribution in [3.05, 3.63) is 62.2 Å². The molecule has 0 fully saturated rings. The molecule has 30 heavy (non-hydrogen) atoms. The van der Waals surface area contributed by atoms with E-state index in [-0.39, 0.29) is 26.5 Å². The van der Waals surface area contributed by atoms with Crippen LogP contribution in [0.3, 0.4) is 0 Å². The molecule has 0 aliphatic heterocycles. The standard InChI is InChI=1S/C20H14Cl4N2O4/c1-10-5-6-11-14(23)7-15(24)20(18(11)25-10)30-9-17(28)29-8-16(27)26-19-12(21)3-2-4-13(19)22/h2-7H,8-9H2,1H3,(H,26,27). The Balaban J connectivity index is 1.61. The van der Waals surface area contributed by atoms with Crippen LogP contribution in [0.5, 0.6) is 5.75 Å². The number of rotatable bonds is 6. The molecule has 0 spiro atoms. The van der Waals surface area contributed by atoms with Gasteiger partial charge in [0.05, 0.1) is 25.8 Å². The largest absolute Gasteiger partial charge is 0.478 e. The number of pyridine rings is 1. The van der Waals surface area contributed by atoms with Crippen molar-refractivity contribution in [2.75, 3.05) is 18.5 Å². The van der Waals surface area contributed by atoms with E-state index in [4.69, 9.17) is 55.9 Å². The maximum atomic E-state index is 12.0. The van der Waals surface area contributed by atoms with E-state index in [0.29, 0.717) is 15.9 Å². The van der Waals surface area contributed by atoms with Gasteiger partial charge < -0.3 is 14.8 Å². The van der Waals surface area contributed by atoms with Crippen LogP contribution in [0.1, 0.15) is 5.69 Å². The number of aryl methyl sites for hydroxylation is 1. The van der Waals surface area contributed by atoms with Gasteiger partial charge in [-0.15, -0.1) is 0 Å². The Morgan fingerprint density at radius 1 is 0.967 bits per heavy atom. The Morgan fingerprint density at radius 2 is 1.67 bits per heavy atom. The number of fused-ring (bicyclic) bond motifs is 1. The zero-order valence-electron chi connectivity index (χ0n) is 15.5. The van der Waals surface area contributed by atoms with Crippen LogP contribution in [-0.2, 0) is 14.3 Å². The number of carbonyl (C=O) groups is 2. The van der Waals surface area contributed by atoms with E-state index in [1.54, 1.807) is 37.3 Å². The van der Waals surface area contributed by atoms with Crippen LogP contribution in [0.15, 0.2) is 36.4 Å². The first-order valence-electron chi connectivity index (χ1n) is 8.54. The number of halogens is 4. The summed E-state index contributed by atoms with van der Waals surface area (Å²) in [6.45, 7) is 0.776. The minimum absolute atomic E-state index is 0.198. The zero-order chi connectivity index (χ0) is 21.8. The highest BCUT2D eigenvalue weighted by Gasteiger charge is 2.16. The maximum absolute atomic E-state index is 12.0. The van der Waals surface area contributed by atoms with E-state index in [1.807, 2.05) is 0 Å². The summed E-state index contributed by atoms with van der Waals surface area (Å²) in [6, 6.07) is 9.86. The van der Waals surface area contributed by atoms with E-state index in [0.717, 1.165) is 5.69 Å². The first kappa shape index (κ1) is 22.4. The van der Waals surface area contributed by atoms with E-state index >= 15 is 0 Å². The number of esters is 1. The number of para-hydroxylation sites is 1. The smallest absolute Gasteiger partial charge is 0.344 e. The summed E-state index contributed by atoms with van der Waals surface area (Å²) in [5.41, 5.74) is 1.38. The van der Waals surface area contributed by atoms with Crippen molar-refractivity contribution in [1.29, 1.82) is 0 Å². The molecule has 1 amide bonds. The van der Waals surface area contributed by atoms with Crippen LogP contribution < -0.4 is 10.1 Å². The summed E-state index contributed by atoms with van der Waals surface area (Å²) in [6.07, 6.45) is 0. The van der Waals surface area contributed by atoms with Crippen LogP contribution in [0, 0.1) is 6.92 Å². The molecule has 0 radical (unpaired) electrons. The Morgan fingerprint density at radius 3 is 2.37 bits per heavy atom. The van der Waals surface area contributed by atoms with Crippen LogP contribution in [0.2, 0.25) is 20.1 Å². The average Bonchev–Trinajstić information content (AvgIpc) is 2.69. The molecule has 10 heteroatoms. The van der Waals surface area contributed by atoms with Gasteiger partial charge in [0.25, 0.3) is 5.91 Å². The highest BCUT2D eigenvalue weighted by molar-refractivity contribution is 6.40. The molecule has 0 unspecified atom stereocenters. The number of hydrogen-bond acceptors (Lipinski definition) is 5. The van der Waals surface area contributed by atoms with Crippen LogP contribution in [0.25, 0.3) is 10.9 Å².